The Morgan fingerprint density at radius 1 is 1.00 bits per heavy atom. The SMILES string of the molecule is Fc1ccc(C2c3[nH]c4ccccc4c3CC3c4cc5sccc5cc4CCN32)cc1. The molecule has 7 rings (SSSR count). The van der Waals surface area contributed by atoms with Gasteiger partial charge in [-0.25, -0.2) is 4.39 Å². The van der Waals surface area contributed by atoms with Crippen molar-refractivity contribution < 1.29 is 4.39 Å². The first-order valence-electron chi connectivity index (χ1n) is 10.9. The standard InChI is InChI=1S/C27H21FN2S/c28-19-7-5-16(6-8-19)27-26-22(20-3-1-2-4-23(20)29-26)14-24-21-15-25-18(10-12-31-25)13-17(21)9-11-30(24)27/h1-8,10,12-13,15,24,27,29H,9,11,14H2. The second-order valence-corrected chi connectivity index (χ2v) is 9.68. The van der Waals surface area contributed by atoms with Crippen LogP contribution in [0.25, 0.3) is 21.0 Å². The number of hydrogen-bond acceptors (Lipinski definition) is 2. The Kier molecular flexibility index (Phi) is 3.72. The molecule has 1 N–H and O–H groups in total. The quantitative estimate of drug-likeness (QED) is 0.315. The number of benzene rings is 3. The molecule has 4 heterocycles. The number of para-hydroxylation sites is 1. The number of halogens is 1. The van der Waals surface area contributed by atoms with Gasteiger partial charge >= 0.3 is 0 Å². The molecule has 0 saturated heterocycles. The van der Waals surface area contributed by atoms with Crippen LogP contribution in [0.5, 0.6) is 0 Å². The molecule has 2 aliphatic heterocycles. The maximum absolute atomic E-state index is 13.7. The average molecular weight is 425 g/mol. The topological polar surface area (TPSA) is 19.0 Å². The Morgan fingerprint density at radius 2 is 1.87 bits per heavy atom. The highest BCUT2D eigenvalue weighted by Gasteiger charge is 2.40. The fourth-order valence-corrected chi connectivity index (χ4v) is 6.58. The summed E-state index contributed by atoms with van der Waals surface area (Å²) in [6.07, 6.45) is 2.05. The van der Waals surface area contributed by atoms with E-state index in [1.54, 1.807) is 12.1 Å². The molecule has 2 atom stereocenters. The Bertz CT molecular complexity index is 1450. The highest BCUT2D eigenvalue weighted by Crippen LogP contribution is 2.48. The Labute approximate surface area is 183 Å². The van der Waals surface area contributed by atoms with Crippen LogP contribution in [0, 0.1) is 5.82 Å². The minimum Gasteiger partial charge on any atom is -0.357 e. The largest absolute Gasteiger partial charge is 0.357 e. The fourth-order valence-electron chi connectivity index (χ4n) is 5.76. The first kappa shape index (κ1) is 17.7. The van der Waals surface area contributed by atoms with Gasteiger partial charge in [-0.15, -0.1) is 11.3 Å². The van der Waals surface area contributed by atoms with Crippen molar-refractivity contribution in [3.8, 4) is 0 Å². The lowest BCUT2D eigenvalue weighted by Crippen LogP contribution is -2.43. The van der Waals surface area contributed by atoms with E-state index in [0.717, 1.165) is 24.9 Å². The van der Waals surface area contributed by atoms with Gasteiger partial charge < -0.3 is 4.98 Å². The number of aromatic amines is 1. The third-order valence-electron chi connectivity index (χ3n) is 7.15. The highest BCUT2D eigenvalue weighted by molar-refractivity contribution is 7.17. The number of rotatable bonds is 1. The van der Waals surface area contributed by atoms with E-state index >= 15 is 0 Å². The molecular weight excluding hydrogens is 403 g/mol. The molecular formula is C27H21FN2S. The molecule has 2 aromatic heterocycles. The molecule has 0 spiro atoms. The average Bonchev–Trinajstić information content (AvgIpc) is 3.40. The van der Waals surface area contributed by atoms with Crippen molar-refractivity contribution in [2.75, 3.05) is 6.54 Å². The van der Waals surface area contributed by atoms with Crippen molar-refractivity contribution >= 4 is 32.3 Å². The van der Waals surface area contributed by atoms with E-state index in [1.807, 2.05) is 23.5 Å². The molecule has 2 unspecified atom stereocenters. The number of H-pyrrole nitrogens is 1. The van der Waals surface area contributed by atoms with Crippen molar-refractivity contribution in [1.82, 2.24) is 9.88 Å². The summed E-state index contributed by atoms with van der Waals surface area (Å²) >= 11 is 1.82. The molecule has 31 heavy (non-hydrogen) atoms. The number of hydrogen-bond donors (Lipinski definition) is 1. The molecule has 0 amide bonds. The van der Waals surface area contributed by atoms with E-state index in [0.29, 0.717) is 6.04 Å². The van der Waals surface area contributed by atoms with Crippen LogP contribution in [-0.4, -0.2) is 16.4 Å². The van der Waals surface area contributed by atoms with Gasteiger partial charge in [-0.05, 0) is 82.3 Å². The Hall–Kier alpha value is -2.95. The fraction of sp³-hybridized carbons (Fsp3) is 0.185. The number of nitrogens with one attached hydrogen (secondary N) is 1. The van der Waals surface area contributed by atoms with Crippen LogP contribution in [0.3, 0.4) is 0 Å². The maximum atomic E-state index is 13.7. The molecule has 0 saturated carbocycles. The van der Waals surface area contributed by atoms with E-state index in [2.05, 4.69) is 57.7 Å². The van der Waals surface area contributed by atoms with Gasteiger partial charge in [0.1, 0.15) is 5.82 Å². The van der Waals surface area contributed by atoms with Gasteiger partial charge in [-0.3, -0.25) is 4.90 Å². The van der Waals surface area contributed by atoms with Crippen molar-refractivity contribution in [3.63, 3.8) is 0 Å². The highest BCUT2D eigenvalue weighted by atomic mass is 32.1. The van der Waals surface area contributed by atoms with E-state index < -0.39 is 0 Å². The van der Waals surface area contributed by atoms with Gasteiger partial charge in [0.2, 0.25) is 0 Å². The molecule has 2 aliphatic rings. The van der Waals surface area contributed by atoms with Crippen LogP contribution in [0.15, 0.2) is 72.1 Å². The van der Waals surface area contributed by atoms with E-state index in [1.165, 1.54) is 43.4 Å². The predicted octanol–water partition coefficient (Wildman–Crippen LogP) is 6.77. The second-order valence-electron chi connectivity index (χ2n) is 8.73. The van der Waals surface area contributed by atoms with Gasteiger partial charge in [-0.1, -0.05) is 30.3 Å². The summed E-state index contributed by atoms with van der Waals surface area (Å²) in [4.78, 5) is 6.36. The Balaban J connectivity index is 1.47. The van der Waals surface area contributed by atoms with E-state index in [-0.39, 0.29) is 11.9 Å². The summed E-state index contributed by atoms with van der Waals surface area (Å²) in [7, 11) is 0. The van der Waals surface area contributed by atoms with E-state index in [4.69, 9.17) is 0 Å². The minimum absolute atomic E-state index is 0.105. The lowest BCUT2D eigenvalue weighted by atomic mass is 9.80. The molecule has 3 aromatic carbocycles. The summed E-state index contributed by atoms with van der Waals surface area (Å²) in [6.45, 7) is 1.00. The zero-order chi connectivity index (χ0) is 20.5. The van der Waals surface area contributed by atoms with Gasteiger partial charge in [0.15, 0.2) is 0 Å². The molecule has 152 valence electrons. The van der Waals surface area contributed by atoms with Crippen LogP contribution in [-0.2, 0) is 12.8 Å². The summed E-state index contributed by atoms with van der Waals surface area (Å²) < 4.78 is 15.1. The zero-order valence-electron chi connectivity index (χ0n) is 16.9. The van der Waals surface area contributed by atoms with Crippen molar-refractivity contribution in [3.05, 3.63) is 106 Å². The predicted molar refractivity (Wildman–Crippen MR) is 125 cm³/mol. The van der Waals surface area contributed by atoms with Crippen LogP contribution in [0.1, 0.15) is 40.0 Å². The second kappa shape index (κ2) is 6.52. The summed E-state index contributed by atoms with van der Waals surface area (Å²) in [5.41, 5.74) is 7.96. The smallest absolute Gasteiger partial charge is 0.123 e. The first-order valence-corrected chi connectivity index (χ1v) is 11.7. The molecule has 4 heteroatoms. The third-order valence-corrected chi connectivity index (χ3v) is 8.03. The number of thiophene rings is 1. The zero-order valence-corrected chi connectivity index (χ0v) is 17.8. The normalized spacial score (nSPS) is 20.5. The molecule has 0 bridgehead atoms. The number of aromatic nitrogens is 1. The van der Waals surface area contributed by atoms with Gasteiger partial charge in [0.25, 0.3) is 0 Å². The van der Waals surface area contributed by atoms with Crippen LogP contribution < -0.4 is 0 Å². The number of nitrogens with zero attached hydrogens (tertiary/aromatic N) is 1. The van der Waals surface area contributed by atoms with Crippen molar-refractivity contribution in [1.29, 1.82) is 0 Å². The number of fused-ring (bicyclic) bond motifs is 7. The van der Waals surface area contributed by atoms with Crippen molar-refractivity contribution in [2.45, 2.75) is 24.9 Å². The van der Waals surface area contributed by atoms with Crippen LogP contribution in [0.2, 0.25) is 0 Å². The summed E-state index contributed by atoms with van der Waals surface area (Å²) in [5, 5.41) is 4.86. The lowest BCUT2D eigenvalue weighted by molar-refractivity contribution is 0.128. The van der Waals surface area contributed by atoms with Gasteiger partial charge in [0, 0.05) is 33.9 Å². The van der Waals surface area contributed by atoms with E-state index in [9.17, 15) is 4.39 Å². The Morgan fingerprint density at radius 3 is 2.77 bits per heavy atom. The summed E-state index contributed by atoms with van der Waals surface area (Å²) in [6, 6.07) is 23.2. The molecule has 0 radical (unpaired) electrons. The van der Waals surface area contributed by atoms with Crippen LogP contribution in [0.4, 0.5) is 4.39 Å². The molecule has 0 fully saturated rings. The minimum atomic E-state index is -0.183. The molecule has 2 nitrogen and oxygen atoms in total. The first-order chi connectivity index (χ1) is 15.3. The maximum Gasteiger partial charge on any atom is 0.123 e. The third kappa shape index (κ3) is 2.58. The monoisotopic (exact) mass is 424 g/mol. The summed E-state index contributed by atoms with van der Waals surface area (Å²) in [5.74, 6) is -0.183. The van der Waals surface area contributed by atoms with Crippen LogP contribution >= 0.6 is 11.3 Å². The molecule has 0 aliphatic carbocycles. The van der Waals surface area contributed by atoms with Gasteiger partial charge in [0.05, 0.1) is 6.04 Å². The molecule has 5 aromatic rings. The van der Waals surface area contributed by atoms with Crippen molar-refractivity contribution in [2.24, 2.45) is 0 Å². The lowest BCUT2D eigenvalue weighted by Gasteiger charge is -2.46. The van der Waals surface area contributed by atoms with Gasteiger partial charge in [-0.2, -0.15) is 0 Å².